The molecule has 1 unspecified atom stereocenters. The Morgan fingerprint density at radius 2 is 2.31 bits per heavy atom. The lowest BCUT2D eigenvalue weighted by atomic mass is 9.98. The lowest BCUT2D eigenvalue weighted by Crippen LogP contribution is -2.39. The van der Waals surface area contributed by atoms with Crippen LogP contribution in [0, 0.1) is 5.92 Å². The van der Waals surface area contributed by atoms with Gasteiger partial charge in [-0.25, -0.2) is 0 Å². The van der Waals surface area contributed by atoms with Crippen LogP contribution in [0.1, 0.15) is 25.3 Å². The van der Waals surface area contributed by atoms with Crippen LogP contribution in [-0.4, -0.2) is 17.4 Å². The Balaban J connectivity index is 2.06. The fraction of sp³-hybridized carbons (Fsp3) is 0.462. The number of hydrogen-bond acceptors (Lipinski definition) is 2. The van der Waals surface area contributed by atoms with E-state index in [4.69, 9.17) is 5.73 Å². The van der Waals surface area contributed by atoms with Crippen molar-refractivity contribution < 1.29 is 4.79 Å². The summed E-state index contributed by atoms with van der Waals surface area (Å²) in [4.78, 5) is 13.8. The van der Waals surface area contributed by atoms with E-state index in [0.717, 1.165) is 30.6 Å². The van der Waals surface area contributed by atoms with Gasteiger partial charge in [-0.05, 0) is 30.5 Å². The summed E-state index contributed by atoms with van der Waals surface area (Å²) < 4.78 is 0. The fourth-order valence-electron chi connectivity index (χ4n) is 2.20. The van der Waals surface area contributed by atoms with Gasteiger partial charge in [0.1, 0.15) is 0 Å². The molecule has 0 bridgehead atoms. The highest BCUT2D eigenvalue weighted by Crippen LogP contribution is 2.19. The Kier molecular flexibility index (Phi) is 3.13. The van der Waals surface area contributed by atoms with E-state index in [1.807, 2.05) is 36.1 Å². The molecule has 1 aromatic carbocycles. The molecule has 3 nitrogen and oxygen atoms in total. The molecule has 2 rings (SSSR count). The summed E-state index contributed by atoms with van der Waals surface area (Å²) >= 11 is 0. The molecule has 0 radical (unpaired) electrons. The maximum absolute atomic E-state index is 11.9. The Hall–Kier alpha value is -1.51. The zero-order valence-corrected chi connectivity index (χ0v) is 9.65. The van der Waals surface area contributed by atoms with E-state index in [0.29, 0.717) is 6.54 Å². The minimum atomic E-state index is 0.176. The average Bonchev–Trinajstić information content (AvgIpc) is 2.25. The summed E-state index contributed by atoms with van der Waals surface area (Å²) in [6.07, 6.45) is 2.13. The zero-order valence-electron chi connectivity index (χ0n) is 9.65. The van der Waals surface area contributed by atoms with Gasteiger partial charge in [-0.15, -0.1) is 0 Å². The number of benzene rings is 1. The van der Waals surface area contributed by atoms with Crippen LogP contribution in [0.5, 0.6) is 0 Å². The summed E-state index contributed by atoms with van der Waals surface area (Å²) in [5.41, 5.74) is 7.59. The van der Waals surface area contributed by atoms with E-state index in [9.17, 15) is 4.79 Å². The van der Waals surface area contributed by atoms with Crippen molar-refractivity contribution in [3.05, 3.63) is 29.8 Å². The minimum absolute atomic E-state index is 0.176. The predicted octanol–water partition coefficient (Wildman–Crippen LogP) is 2.03. The monoisotopic (exact) mass is 218 g/mol. The van der Waals surface area contributed by atoms with Gasteiger partial charge in [0, 0.05) is 24.7 Å². The van der Waals surface area contributed by atoms with Gasteiger partial charge in [0.15, 0.2) is 0 Å². The van der Waals surface area contributed by atoms with Gasteiger partial charge in [0.05, 0.1) is 0 Å². The molecular formula is C13H18N2O. The highest BCUT2D eigenvalue weighted by molar-refractivity contribution is 5.79. The number of amides is 1. The van der Waals surface area contributed by atoms with Crippen molar-refractivity contribution in [3.8, 4) is 0 Å². The normalized spacial score (nSPS) is 21.2. The standard InChI is InChI=1S/C13H18N2O/c1-10-4-3-7-15(13(10)16)9-11-5-2-6-12(14)8-11/h2,5-6,8,10H,3-4,7,9,14H2,1H3. The molecular weight excluding hydrogens is 200 g/mol. The lowest BCUT2D eigenvalue weighted by Gasteiger charge is -2.30. The molecule has 0 aromatic heterocycles. The molecule has 1 aliphatic rings. The molecule has 86 valence electrons. The van der Waals surface area contributed by atoms with Crippen molar-refractivity contribution in [2.24, 2.45) is 5.92 Å². The first kappa shape index (κ1) is 11.0. The van der Waals surface area contributed by atoms with Gasteiger partial charge >= 0.3 is 0 Å². The molecule has 1 aromatic rings. The maximum atomic E-state index is 11.9. The largest absolute Gasteiger partial charge is 0.399 e. The van der Waals surface area contributed by atoms with Crippen molar-refractivity contribution in [2.45, 2.75) is 26.3 Å². The first-order valence-corrected chi connectivity index (χ1v) is 5.80. The highest BCUT2D eigenvalue weighted by atomic mass is 16.2. The number of hydrogen-bond donors (Lipinski definition) is 1. The number of carbonyl (C=O) groups excluding carboxylic acids is 1. The van der Waals surface area contributed by atoms with Crippen LogP contribution in [0.25, 0.3) is 0 Å². The van der Waals surface area contributed by atoms with Crippen molar-refractivity contribution in [1.82, 2.24) is 4.90 Å². The van der Waals surface area contributed by atoms with Crippen molar-refractivity contribution >= 4 is 11.6 Å². The first-order valence-electron chi connectivity index (χ1n) is 5.80. The summed E-state index contributed by atoms with van der Waals surface area (Å²) in [6, 6.07) is 7.75. The third kappa shape index (κ3) is 2.35. The predicted molar refractivity (Wildman–Crippen MR) is 64.7 cm³/mol. The van der Waals surface area contributed by atoms with Crippen LogP contribution < -0.4 is 5.73 Å². The third-order valence-electron chi connectivity index (χ3n) is 3.12. The number of rotatable bonds is 2. The molecule has 1 amide bonds. The minimum Gasteiger partial charge on any atom is -0.399 e. The van der Waals surface area contributed by atoms with Crippen LogP contribution in [0.4, 0.5) is 5.69 Å². The average molecular weight is 218 g/mol. The Morgan fingerprint density at radius 1 is 1.50 bits per heavy atom. The van der Waals surface area contributed by atoms with Crippen LogP contribution >= 0.6 is 0 Å². The number of carbonyl (C=O) groups is 1. The van der Waals surface area contributed by atoms with E-state index in [-0.39, 0.29) is 11.8 Å². The topological polar surface area (TPSA) is 46.3 Å². The molecule has 1 heterocycles. The number of nitrogens with two attached hydrogens (primary N) is 1. The summed E-state index contributed by atoms with van der Waals surface area (Å²) in [6.45, 7) is 3.57. The van der Waals surface area contributed by atoms with E-state index >= 15 is 0 Å². The number of anilines is 1. The van der Waals surface area contributed by atoms with Crippen molar-refractivity contribution in [2.75, 3.05) is 12.3 Å². The van der Waals surface area contributed by atoms with Crippen LogP contribution in [0.3, 0.4) is 0 Å². The number of nitrogen functional groups attached to an aromatic ring is 1. The van der Waals surface area contributed by atoms with Gasteiger partial charge in [-0.3, -0.25) is 4.79 Å². The smallest absolute Gasteiger partial charge is 0.225 e. The van der Waals surface area contributed by atoms with Crippen LogP contribution in [0.2, 0.25) is 0 Å². The number of piperidine rings is 1. The Bertz CT molecular complexity index is 389. The van der Waals surface area contributed by atoms with Gasteiger partial charge < -0.3 is 10.6 Å². The summed E-state index contributed by atoms with van der Waals surface area (Å²) in [5.74, 6) is 0.448. The molecule has 1 saturated heterocycles. The summed E-state index contributed by atoms with van der Waals surface area (Å²) in [7, 11) is 0. The molecule has 3 heteroatoms. The SMILES string of the molecule is CC1CCCN(Cc2cccc(N)c2)C1=O. The number of nitrogens with zero attached hydrogens (tertiary/aromatic N) is 1. The van der Waals surface area contributed by atoms with E-state index in [2.05, 4.69) is 0 Å². The molecule has 16 heavy (non-hydrogen) atoms. The zero-order chi connectivity index (χ0) is 11.5. The Labute approximate surface area is 96.2 Å². The second kappa shape index (κ2) is 4.56. The van der Waals surface area contributed by atoms with E-state index in [1.165, 1.54) is 0 Å². The molecule has 2 N–H and O–H groups in total. The van der Waals surface area contributed by atoms with E-state index in [1.54, 1.807) is 0 Å². The molecule has 1 aliphatic heterocycles. The molecule has 1 atom stereocenters. The third-order valence-corrected chi connectivity index (χ3v) is 3.12. The highest BCUT2D eigenvalue weighted by Gasteiger charge is 2.24. The van der Waals surface area contributed by atoms with E-state index < -0.39 is 0 Å². The molecule has 0 aliphatic carbocycles. The quantitative estimate of drug-likeness (QED) is 0.772. The van der Waals surface area contributed by atoms with Crippen molar-refractivity contribution in [3.63, 3.8) is 0 Å². The second-order valence-corrected chi connectivity index (χ2v) is 4.55. The summed E-state index contributed by atoms with van der Waals surface area (Å²) in [5, 5.41) is 0. The maximum Gasteiger partial charge on any atom is 0.225 e. The number of likely N-dealkylation sites (tertiary alicyclic amines) is 1. The van der Waals surface area contributed by atoms with Crippen LogP contribution in [-0.2, 0) is 11.3 Å². The van der Waals surface area contributed by atoms with Crippen molar-refractivity contribution in [1.29, 1.82) is 0 Å². The molecule has 1 fully saturated rings. The van der Waals surface area contributed by atoms with Gasteiger partial charge in [-0.2, -0.15) is 0 Å². The van der Waals surface area contributed by atoms with Gasteiger partial charge in [0.2, 0.25) is 5.91 Å². The molecule has 0 saturated carbocycles. The first-order chi connectivity index (χ1) is 7.66. The van der Waals surface area contributed by atoms with Gasteiger partial charge in [-0.1, -0.05) is 19.1 Å². The Morgan fingerprint density at radius 3 is 3.06 bits per heavy atom. The van der Waals surface area contributed by atoms with Crippen LogP contribution in [0.15, 0.2) is 24.3 Å². The second-order valence-electron chi connectivity index (χ2n) is 4.55. The van der Waals surface area contributed by atoms with Gasteiger partial charge in [0.25, 0.3) is 0 Å². The lowest BCUT2D eigenvalue weighted by molar-refractivity contribution is -0.138. The molecule has 0 spiro atoms. The fourth-order valence-corrected chi connectivity index (χ4v) is 2.20.